The minimum Gasteiger partial charge on any atom is -0.497 e. The highest BCUT2D eigenvalue weighted by molar-refractivity contribution is 5.98. The number of hydrogen-bond acceptors (Lipinski definition) is 6. The van der Waals surface area contributed by atoms with E-state index in [1.165, 1.54) is 0 Å². The molecule has 0 fully saturated rings. The number of ether oxygens (including phenoxy) is 3. The molecular weight excluding hydrogens is 402 g/mol. The summed E-state index contributed by atoms with van der Waals surface area (Å²) < 4.78 is 15.7. The Morgan fingerprint density at radius 1 is 1.13 bits per heavy atom. The van der Waals surface area contributed by atoms with Crippen LogP contribution in [-0.4, -0.2) is 57.2 Å². The highest BCUT2D eigenvalue weighted by atomic mass is 16.5. The fourth-order valence-corrected chi connectivity index (χ4v) is 3.36. The van der Waals surface area contributed by atoms with Gasteiger partial charge in [0.2, 0.25) is 6.41 Å². The van der Waals surface area contributed by atoms with Crippen LogP contribution in [0, 0.1) is 0 Å². The van der Waals surface area contributed by atoms with Crippen LogP contribution in [0.3, 0.4) is 0 Å². The van der Waals surface area contributed by atoms with Crippen LogP contribution >= 0.6 is 0 Å². The lowest BCUT2D eigenvalue weighted by Gasteiger charge is -2.25. The van der Waals surface area contributed by atoms with Crippen LogP contribution in [-0.2, 0) is 16.1 Å². The van der Waals surface area contributed by atoms with Crippen molar-refractivity contribution in [3.63, 3.8) is 0 Å². The monoisotopic (exact) mass is 427 g/mol. The molecule has 0 unspecified atom stereocenters. The minimum absolute atomic E-state index is 0.143. The van der Waals surface area contributed by atoms with Crippen molar-refractivity contribution in [3.05, 3.63) is 59.2 Å². The molecule has 0 aromatic heterocycles. The third-order valence-electron chi connectivity index (χ3n) is 4.93. The maximum atomic E-state index is 12.9. The molecule has 0 aliphatic carbocycles. The lowest BCUT2D eigenvalue weighted by atomic mass is 10.1. The minimum atomic E-state index is -0.647. The average molecular weight is 427 g/mol. The van der Waals surface area contributed by atoms with Gasteiger partial charge in [0.05, 0.1) is 19.8 Å². The van der Waals surface area contributed by atoms with Gasteiger partial charge < -0.3 is 24.4 Å². The summed E-state index contributed by atoms with van der Waals surface area (Å²) in [4.78, 5) is 37.2. The highest BCUT2D eigenvalue weighted by Crippen LogP contribution is 2.29. The van der Waals surface area contributed by atoms with Crippen molar-refractivity contribution < 1.29 is 28.6 Å². The molecule has 0 spiro atoms. The molecule has 9 heteroatoms. The van der Waals surface area contributed by atoms with E-state index in [-0.39, 0.29) is 12.5 Å². The van der Waals surface area contributed by atoms with Gasteiger partial charge >= 0.3 is 6.03 Å². The number of rotatable bonds is 10. The van der Waals surface area contributed by atoms with Gasteiger partial charge in [-0.2, -0.15) is 0 Å². The summed E-state index contributed by atoms with van der Waals surface area (Å²) in [7, 11) is 3.15. The van der Waals surface area contributed by atoms with Crippen molar-refractivity contribution in [1.29, 1.82) is 0 Å². The van der Waals surface area contributed by atoms with E-state index in [0.717, 1.165) is 11.1 Å². The number of carbonyl (C=O) groups is 3. The second-order valence-electron chi connectivity index (χ2n) is 6.91. The number of hydrogen-bond donors (Lipinski definition) is 2. The predicted octanol–water partition coefficient (Wildman–Crippen LogP) is 1.87. The first kappa shape index (κ1) is 22.1. The number of amides is 4. The fraction of sp³-hybridized carbons (Fsp3) is 0.318. The van der Waals surface area contributed by atoms with Crippen LogP contribution in [0.15, 0.2) is 42.5 Å². The molecule has 0 saturated carbocycles. The topological polar surface area (TPSA) is 106 Å². The summed E-state index contributed by atoms with van der Waals surface area (Å²) in [6.45, 7) is 1.54. The number of nitrogens with one attached hydrogen (secondary N) is 2. The lowest BCUT2D eigenvalue weighted by Crippen LogP contribution is -2.42. The van der Waals surface area contributed by atoms with Crippen molar-refractivity contribution in [2.45, 2.75) is 12.6 Å². The SMILES string of the molecule is COCCOc1ccc([C@H](CN2Cc3ccc(OC)cc3C2=O)NC(=O)NC=O)cc1. The maximum absolute atomic E-state index is 12.9. The van der Waals surface area contributed by atoms with E-state index in [0.29, 0.717) is 43.2 Å². The normalized spacial score (nSPS) is 13.4. The van der Waals surface area contributed by atoms with Gasteiger partial charge in [-0.1, -0.05) is 18.2 Å². The average Bonchev–Trinajstić information content (AvgIpc) is 3.09. The number of imide groups is 1. The zero-order chi connectivity index (χ0) is 22.2. The molecular formula is C22H25N3O6. The first-order chi connectivity index (χ1) is 15.0. The van der Waals surface area contributed by atoms with E-state index in [1.807, 2.05) is 24.3 Å². The van der Waals surface area contributed by atoms with E-state index in [1.54, 1.807) is 37.3 Å². The van der Waals surface area contributed by atoms with Crippen molar-refractivity contribution in [3.8, 4) is 11.5 Å². The number of benzene rings is 2. The quantitative estimate of drug-likeness (QED) is 0.443. The highest BCUT2D eigenvalue weighted by Gasteiger charge is 2.30. The van der Waals surface area contributed by atoms with Crippen LogP contribution < -0.4 is 20.1 Å². The first-order valence-corrected chi connectivity index (χ1v) is 9.74. The molecule has 164 valence electrons. The third kappa shape index (κ3) is 5.52. The van der Waals surface area contributed by atoms with Crippen LogP contribution in [0.4, 0.5) is 4.79 Å². The zero-order valence-corrected chi connectivity index (χ0v) is 17.4. The molecule has 0 bridgehead atoms. The van der Waals surface area contributed by atoms with E-state index < -0.39 is 12.1 Å². The van der Waals surface area contributed by atoms with Crippen molar-refractivity contribution in [2.75, 3.05) is 34.0 Å². The summed E-state index contributed by atoms with van der Waals surface area (Å²) in [6, 6.07) is 11.4. The molecule has 1 aliphatic rings. The Kier molecular flexibility index (Phi) is 7.45. The Labute approximate surface area is 180 Å². The predicted molar refractivity (Wildman–Crippen MR) is 112 cm³/mol. The summed E-state index contributed by atoms with van der Waals surface area (Å²) in [5, 5.41) is 4.81. The molecule has 3 rings (SSSR count). The maximum Gasteiger partial charge on any atom is 0.321 e. The van der Waals surface area contributed by atoms with Gasteiger partial charge in [-0.15, -0.1) is 0 Å². The summed E-state index contributed by atoms with van der Waals surface area (Å²) in [5.41, 5.74) is 2.24. The summed E-state index contributed by atoms with van der Waals surface area (Å²) >= 11 is 0. The van der Waals surface area contributed by atoms with Crippen LogP contribution in [0.1, 0.15) is 27.5 Å². The number of fused-ring (bicyclic) bond motifs is 1. The molecule has 1 heterocycles. The number of carbonyl (C=O) groups excluding carboxylic acids is 3. The first-order valence-electron chi connectivity index (χ1n) is 9.74. The smallest absolute Gasteiger partial charge is 0.321 e. The largest absolute Gasteiger partial charge is 0.497 e. The van der Waals surface area contributed by atoms with E-state index in [2.05, 4.69) is 10.6 Å². The Balaban J connectivity index is 1.75. The van der Waals surface area contributed by atoms with E-state index in [9.17, 15) is 14.4 Å². The standard InChI is InChI=1S/C22H25N3O6/c1-29-9-10-31-17-6-3-15(4-7-17)20(24-22(28)23-14-26)13-25-12-16-5-8-18(30-2)11-19(16)21(25)27/h3-8,11,14,20H,9-10,12-13H2,1-2H3,(H2,23,24,26,28)/t20-/m0/s1. The zero-order valence-electron chi connectivity index (χ0n) is 17.4. The lowest BCUT2D eigenvalue weighted by molar-refractivity contribution is -0.108. The summed E-state index contributed by atoms with van der Waals surface area (Å²) in [6.07, 6.45) is 0.308. The van der Waals surface area contributed by atoms with Gasteiger partial charge in [-0.05, 0) is 35.4 Å². The van der Waals surface area contributed by atoms with Gasteiger partial charge in [-0.25, -0.2) is 4.79 Å². The fourth-order valence-electron chi connectivity index (χ4n) is 3.36. The van der Waals surface area contributed by atoms with Crippen molar-refractivity contribution >= 4 is 18.3 Å². The molecule has 0 radical (unpaired) electrons. The van der Waals surface area contributed by atoms with Crippen LogP contribution in [0.25, 0.3) is 0 Å². The molecule has 31 heavy (non-hydrogen) atoms. The molecule has 1 atom stereocenters. The van der Waals surface area contributed by atoms with E-state index >= 15 is 0 Å². The van der Waals surface area contributed by atoms with Gasteiger partial charge in [0.25, 0.3) is 5.91 Å². The summed E-state index contributed by atoms with van der Waals surface area (Å²) in [5.74, 6) is 1.13. The molecule has 0 saturated heterocycles. The Morgan fingerprint density at radius 3 is 2.55 bits per heavy atom. The van der Waals surface area contributed by atoms with Crippen LogP contribution in [0.2, 0.25) is 0 Å². The van der Waals surface area contributed by atoms with Gasteiger partial charge in [-0.3, -0.25) is 14.9 Å². The molecule has 2 aromatic carbocycles. The molecule has 2 N–H and O–H groups in total. The second kappa shape index (κ2) is 10.4. The van der Waals surface area contributed by atoms with E-state index in [4.69, 9.17) is 14.2 Å². The number of urea groups is 1. The number of methoxy groups -OCH3 is 2. The molecule has 2 aromatic rings. The Bertz CT molecular complexity index is 931. The molecule has 1 aliphatic heterocycles. The molecule has 4 amide bonds. The number of nitrogens with zero attached hydrogens (tertiary/aromatic N) is 1. The Morgan fingerprint density at radius 2 is 1.87 bits per heavy atom. The van der Waals surface area contributed by atoms with Gasteiger partial charge in [0, 0.05) is 25.8 Å². The van der Waals surface area contributed by atoms with Crippen molar-refractivity contribution in [2.24, 2.45) is 0 Å². The second-order valence-corrected chi connectivity index (χ2v) is 6.91. The van der Waals surface area contributed by atoms with Gasteiger partial charge in [0.15, 0.2) is 0 Å². The molecule has 9 nitrogen and oxygen atoms in total. The van der Waals surface area contributed by atoms with Crippen molar-refractivity contribution in [1.82, 2.24) is 15.5 Å². The van der Waals surface area contributed by atoms with Gasteiger partial charge in [0.1, 0.15) is 18.1 Å². The Hall–Kier alpha value is -3.59. The van der Waals surface area contributed by atoms with Crippen LogP contribution in [0.5, 0.6) is 11.5 Å². The third-order valence-corrected chi connectivity index (χ3v) is 4.93.